The number of carbonyl (C=O) groups excluding carboxylic acids is 1. The molecule has 2 heterocycles. The Bertz CT molecular complexity index is 917. The molecule has 2 aromatic rings. The van der Waals surface area contributed by atoms with Crippen LogP contribution in [-0.4, -0.2) is 20.7 Å². The Labute approximate surface area is 207 Å². The maximum atomic E-state index is 12.0. The highest BCUT2D eigenvalue weighted by molar-refractivity contribution is 8.00. The zero-order valence-electron chi connectivity index (χ0n) is 19.9. The maximum absolute atomic E-state index is 12.0. The summed E-state index contributed by atoms with van der Waals surface area (Å²) in [6.07, 6.45) is 8.41. The molecule has 1 unspecified atom stereocenters. The molecule has 1 amide bonds. The number of aromatic nitrogens is 2. The molecule has 2 aromatic heterocycles. The quantitative estimate of drug-likeness (QED) is 0.244. The van der Waals surface area contributed by atoms with Gasteiger partial charge in [-0.1, -0.05) is 49.5 Å². The molecule has 176 valence electrons. The molecule has 0 aromatic carbocycles. The third kappa shape index (κ3) is 9.68. The van der Waals surface area contributed by atoms with Crippen LogP contribution in [0.25, 0.3) is 0 Å². The van der Waals surface area contributed by atoms with Crippen molar-refractivity contribution in [1.82, 2.24) is 9.55 Å². The highest BCUT2D eigenvalue weighted by Crippen LogP contribution is 2.34. The van der Waals surface area contributed by atoms with Gasteiger partial charge in [-0.25, -0.2) is 0 Å². The minimum atomic E-state index is -0.415. The van der Waals surface area contributed by atoms with Crippen LogP contribution in [0.4, 0.5) is 0 Å². The molecule has 0 spiro atoms. The lowest BCUT2D eigenvalue weighted by Crippen LogP contribution is -2.13. The standard InChI is InChI=1S/C20H23Cl2N3OS.C3H8.C2H4/c1-12(21)9-17(22)10-13(2)27-20-14(3)18(19(23)26)15(4)25(20)11-16-5-7-24-8-6-16;1-3-2;1-2/h5-10,13H,11H2,1-4H3,(H2,23,26);3H2,1-2H3;1-2H2/b12-9+,17-10+;;. The molecular weight excluding hydrogens is 461 g/mol. The fourth-order valence-corrected chi connectivity index (χ4v) is 4.69. The first-order valence-electron chi connectivity index (χ1n) is 10.4. The number of hydrogen-bond donors (Lipinski definition) is 1. The number of rotatable bonds is 7. The van der Waals surface area contributed by atoms with Gasteiger partial charge in [0.05, 0.1) is 10.6 Å². The summed E-state index contributed by atoms with van der Waals surface area (Å²) in [5, 5.41) is 2.28. The SMILES string of the molecule is C/C(Cl)=C\C(Cl)=C/C(C)Sc1c(C)c(C(N)=O)c(C)n1Cc1ccncc1.C=C.CCC. The van der Waals surface area contributed by atoms with Gasteiger partial charge in [-0.15, -0.1) is 24.9 Å². The van der Waals surface area contributed by atoms with Gasteiger partial charge >= 0.3 is 0 Å². The molecule has 0 aliphatic rings. The average molecular weight is 497 g/mol. The number of nitrogens with zero attached hydrogens (tertiary/aromatic N) is 2. The summed E-state index contributed by atoms with van der Waals surface area (Å²) in [6, 6.07) is 3.92. The maximum Gasteiger partial charge on any atom is 0.250 e. The number of amides is 1. The van der Waals surface area contributed by atoms with Crippen molar-refractivity contribution in [1.29, 1.82) is 0 Å². The van der Waals surface area contributed by atoms with E-state index in [2.05, 4.69) is 36.6 Å². The first-order chi connectivity index (χ1) is 15.1. The molecular formula is C25H35Cl2N3OS. The van der Waals surface area contributed by atoms with E-state index in [1.54, 1.807) is 37.2 Å². The lowest BCUT2D eigenvalue weighted by atomic mass is 10.1. The van der Waals surface area contributed by atoms with E-state index in [4.69, 9.17) is 28.9 Å². The second kappa shape index (κ2) is 15.8. The molecule has 1 atom stereocenters. The van der Waals surface area contributed by atoms with E-state index in [0.717, 1.165) is 21.8 Å². The molecule has 2 rings (SSSR count). The minimum Gasteiger partial charge on any atom is -0.366 e. The van der Waals surface area contributed by atoms with Crippen molar-refractivity contribution in [3.8, 4) is 0 Å². The van der Waals surface area contributed by atoms with E-state index in [-0.39, 0.29) is 5.25 Å². The number of hydrogen-bond acceptors (Lipinski definition) is 3. The van der Waals surface area contributed by atoms with Crippen LogP contribution in [0, 0.1) is 13.8 Å². The van der Waals surface area contributed by atoms with Crippen molar-refractivity contribution in [3.63, 3.8) is 0 Å². The smallest absolute Gasteiger partial charge is 0.250 e. The number of thioether (sulfide) groups is 1. The normalized spacial score (nSPS) is 12.2. The van der Waals surface area contributed by atoms with Crippen molar-refractivity contribution in [2.75, 3.05) is 0 Å². The predicted octanol–water partition coefficient (Wildman–Crippen LogP) is 7.61. The van der Waals surface area contributed by atoms with Crippen molar-refractivity contribution >= 4 is 40.9 Å². The summed E-state index contributed by atoms with van der Waals surface area (Å²) in [4.78, 5) is 16.0. The van der Waals surface area contributed by atoms with Crippen LogP contribution in [0.2, 0.25) is 0 Å². The molecule has 4 nitrogen and oxygen atoms in total. The Balaban J connectivity index is 0.00000177. The van der Waals surface area contributed by atoms with E-state index in [9.17, 15) is 4.79 Å². The Kier molecular flexibility index (Phi) is 14.8. The second-order valence-corrected chi connectivity index (χ2v) is 9.41. The van der Waals surface area contributed by atoms with Crippen LogP contribution in [0.5, 0.6) is 0 Å². The summed E-state index contributed by atoms with van der Waals surface area (Å²) in [7, 11) is 0. The summed E-state index contributed by atoms with van der Waals surface area (Å²) in [6.45, 7) is 18.6. The largest absolute Gasteiger partial charge is 0.366 e. The van der Waals surface area contributed by atoms with Crippen LogP contribution in [0.1, 0.15) is 61.3 Å². The summed E-state index contributed by atoms with van der Waals surface area (Å²) < 4.78 is 2.12. The number of nitrogens with two attached hydrogens (primary N) is 1. The van der Waals surface area contributed by atoms with Crippen molar-refractivity contribution in [2.45, 2.75) is 64.8 Å². The van der Waals surface area contributed by atoms with Gasteiger partial charge in [-0.05, 0) is 57.0 Å². The van der Waals surface area contributed by atoms with Crippen LogP contribution < -0.4 is 5.73 Å². The zero-order chi connectivity index (χ0) is 24.8. The monoisotopic (exact) mass is 495 g/mol. The second-order valence-electron chi connectivity index (χ2n) is 7.01. The fourth-order valence-electron chi connectivity index (χ4n) is 2.92. The summed E-state index contributed by atoms with van der Waals surface area (Å²) in [5.41, 5.74) is 9.05. The molecule has 7 heteroatoms. The van der Waals surface area contributed by atoms with E-state index >= 15 is 0 Å². The van der Waals surface area contributed by atoms with Gasteiger partial charge in [0.2, 0.25) is 0 Å². The Hall–Kier alpha value is -1.95. The minimum absolute atomic E-state index is 0.0784. The lowest BCUT2D eigenvalue weighted by Gasteiger charge is -2.14. The van der Waals surface area contributed by atoms with Crippen molar-refractivity contribution in [2.24, 2.45) is 5.73 Å². The molecule has 0 aliphatic heterocycles. The topological polar surface area (TPSA) is 60.9 Å². The predicted molar refractivity (Wildman–Crippen MR) is 142 cm³/mol. The first-order valence-corrected chi connectivity index (χ1v) is 12.0. The molecule has 0 bridgehead atoms. The fraction of sp³-hybridized carbons (Fsp3) is 0.360. The third-order valence-electron chi connectivity index (χ3n) is 4.07. The van der Waals surface area contributed by atoms with Crippen LogP contribution in [0.3, 0.4) is 0 Å². The van der Waals surface area contributed by atoms with Gasteiger partial charge in [-0.2, -0.15) is 0 Å². The van der Waals surface area contributed by atoms with E-state index < -0.39 is 5.91 Å². The van der Waals surface area contributed by atoms with Gasteiger partial charge in [0.1, 0.15) is 0 Å². The van der Waals surface area contributed by atoms with Crippen LogP contribution >= 0.6 is 35.0 Å². The molecule has 0 saturated heterocycles. The number of carbonyl (C=O) groups is 1. The number of primary amides is 1. The first kappa shape index (κ1) is 30.0. The highest BCUT2D eigenvalue weighted by atomic mass is 35.5. The van der Waals surface area contributed by atoms with Gasteiger partial charge in [0, 0.05) is 39.9 Å². The molecule has 32 heavy (non-hydrogen) atoms. The van der Waals surface area contributed by atoms with Crippen LogP contribution in [0.15, 0.2) is 64.9 Å². The number of allylic oxidation sites excluding steroid dienone is 3. The molecule has 0 radical (unpaired) electrons. The molecule has 2 N–H and O–H groups in total. The average Bonchev–Trinajstić information content (AvgIpc) is 2.94. The molecule has 0 fully saturated rings. The highest BCUT2D eigenvalue weighted by Gasteiger charge is 2.22. The van der Waals surface area contributed by atoms with Crippen molar-refractivity contribution in [3.05, 3.63) is 82.3 Å². The lowest BCUT2D eigenvalue weighted by molar-refractivity contribution is 0.0999. The van der Waals surface area contributed by atoms with E-state index in [1.165, 1.54) is 6.42 Å². The zero-order valence-corrected chi connectivity index (χ0v) is 22.2. The van der Waals surface area contributed by atoms with Gasteiger partial charge in [-0.3, -0.25) is 9.78 Å². The number of pyridine rings is 1. The van der Waals surface area contributed by atoms with E-state index in [0.29, 0.717) is 22.2 Å². The summed E-state index contributed by atoms with van der Waals surface area (Å²) >= 11 is 13.7. The Morgan fingerprint density at radius 3 is 2.25 bits per heavy atom. The summed E-state index contributed by atoms with van der Waals surface area (Å²) in [5.74, 6) is -0.415. The Morgan fingerprint density at radius 1 is 1.25 bits per heavy atom. The van der Waals surface area contributed by atoms with E-state index in [1.807, 2.05) is 39.0 Å². The number of halogens is 2. The molecule has 0 aliphatic carbocycles. The van der Waals surface area contributed by atoms with Gasteiger partial charge in [0.15, 0.2) is 0 Å². The van der Waals surface area contributed by atoms with Gasteiger partial charge in [0.25, 0.3) is 5.91 Å². The Morgan fingerprint density at radius 2 is 1.78 bits per heavy atom. The molecule has 0 saturated carbocycles. The van der Waals surface area contributed by atoms with Crippen LogP contribution in [-0.2, 0) is 6.54 Å². The van der Waals surface area contributed by atoms with Crippen molar-refractivity contribution < 1.29 is 4.79 Å². The van der Waals surface area contributed by atoms with Gasteiger partial charge < -0.3 is 10.3 Å². The third-order valence-corrected chi connectivity index (χ3v) is 5.67.